The molecule has 0 aromatic heterocycles. The first kappa shape index (κ1) is 22.1. The lowest BCUT2D eigenvalue weighted by Gasteiger charge is -2.26. The summed E-state index contributed by atoms with van der Waals surface area (Å²) in [6.45, 7) is 6.11. The minimum Gasteiger partial charge on any atom is -0.380 e. The molecule has 1 aliphatic rings. The Morgan fingerprint density at radius 1 is 1.40 bits per heavy atom. The van der Waals surface area contributed by atoms with Gasteiger partial charge in [-0.1, -0.05) is 6.07 Å². The van der Waals surface area contributed by atoms with Crippen LogP contribution in [0.4, 0.5) is 4.39 Å². The molecule has 3 N–H and O–H groups in total. The first-order chi connectivity index (χ1) is 11.7. The van der Waals surface area contributed by atoms with E-state index in [1.54, 1.807) is 19.2 Å². The van der Waals surface area contributed by atoms with E-state index in [-0.39, 0.29) is 36.4 Å². The lowest BCUT2D eigenvalue weighted by molar-refractivity contribution is 0.0376. The van der Waals surface area contributed by atoms with Crippen LogP contribution >= 0.6 is 24.0 Å². The van der Waals surface area contributed by atoms with Crippen LogP contribution in [0.1, 0.15) is 17.5 Å². The van der Waals surface area contributed by atoms with Crippen LogP contribution in [0.15, 0.2) is 23.2 Å². The van der Waals surface area contributed by atoms with Crippen LogP contribution in [-0.2, 0) is 22.6 Å². The highest BCUT2D eigenvalue weighted by molar-refractivity contribution is 14.0. The Morgan fingerprint density at radius 2 is 2.16 bits per heavy atom. The number of nitrogens with zero attached hydrogens (tertiary/aromatic N) is 2. The summed E-state index contributed by atoms with van der Waals surface area (Å²) in [5.41, 5.74) is 7.31. The Hall–Kier alpha value is -0.970. The van der Waals surface area contributed by atoms with Gasteiger partial charge < -0.3 is 20.5 Å². The number of nitrogens with two attached hydrogens (primary N) is 1. The lowest BCUT2D eigenvalue weighted by Crippen LogP contribution is -2.39. The quantitative estimate of drug-likeness (QED) is 0.264. The molecule has 1 aliphatic heterocycles. The molecule has 0 spiro atoms. The van der Waals surface area contributed by atoms with Crippen molar-refractivity contribution in [3.63, 3.8) is 0 Å². The van der Waals surface area contributed by atoms with E-state index >= 15 is 0 Å². The summed E-state index contributed by atoms with van der Waals surface area (Å²) in [6.07, 6.45) is 1.00. The lowest BCUT2D eigenvalue weighted by atomic mass is 10.1. The minimum atomic E-state index is -0.265. The number of methoxy groups -OCH3 is 1. The van der Waals surface area contributed by atoms with Gasteiger partial charge in [0.25, 0.3) is 0 Å². The number of hydrogen-bond acceptors (Lipinski definition) is 4. The number of halogens is 2. The van der Waals surface area contributed by atoms with E-state index in [0.29, 0.717) is 18.1 Å². The molecule has 0 radical (unpaired) electrons. The summed E-state index contributed by atoms with van der Waals surface area (Å²) in [5, 5.41) is 3.11. The van der Waals surface area contributed by atoms with Gasteiger partial charge in [-0.2, -0.15) is 0 Å². The number of morpholine rings is 1. The normalized spacial score (nSPS) is 15.7. The zero-order valence-corrected chi connectivity index (χ0v) is 17.0. The predicted molar refractivity (Wildman–Crippen MR) is 108 cm³/mol. The van der Waals surface area contributed by atoms with Gasteiger partial charge in [0.2, 0.25) is 0 Å². The van der Waals surface area contributed by atoms with E-state index in [0.717, 1.165) is 51.4 Å². The molecule has 2 rings (SSSR count). The standard InChI is InChI=1S/C17H27FN4O2.HI/c1-23-13-15-11-14(3-4-16(15)18)12-21-17(19)20-5-2-6-22-7-9-24-10-8-22;/h3-4,11H,2,5-10,12-13H2,1H3,(H3,19,20,21);1H. The number of nitrogens with one attached hydrogen (secondary N) is 1. The predicted octanol–water partition coefficient (Wildman–Crippen LogP) is 1.72. The number of hydrogen-bond donors (Lipinski definition) is 2. The number of guanidine groups is 1. The average Bonchev–Trinajstić information content (AvgIpc) is 2.60. The van der Waals surface area contributed by atoms with Gasteiger partial charge in [0.1, 0.15) is 5.82 Å². The number of ether oxygens (including phenoxy) is 2. The fraction of sp³-hybridized carbons (Fsp3) is 0.588. The zero-order chi connectivity index (χ0) is 17.2. The van der Waals surface area contributed by atoms with Crippen molar-refractivity contribution >= 4 is 29.9 Å². The Labute approximate surface area is 166 Å². The molecule has 0 unspecified atom stereocenters. The Morgan fingerprint density at radius 3 is 2.88 bits per heavy atom. The molecule has 1 aromatic carbocycles. The van der Waals surface area contributed by atoms with Gasteiger partial charge in [0.15, 0.2) is 5.96 Å². The molecule has 6 nitrogen and oxygen atoms in total. The molecule has 1 saturated heterocycles. The highest BCUT2D eigenvalue weighted by atomic mass is 127. The maximum Gasteiger partial charge on any atom is 0.188 e. The first-order valence-corrected chi connectivity index (χ1v) is 8.29. The maximum absolute atomic E-state index is 13.5. The van der Waals surface area contributed by atoms with Crippen LogP contribution in [0.3, 0.4) is 0 Å². The van der Waals surface area contributed by atoms with Gasteiger partial charge in [-0.3, -0.25) is 4.90 Å². The van der Waals surface area contributed by atoms with Crippen LogP contribution in [-0.4, -0.2) is 57.4 Å². The van der Waals surface area contributed by atoms with E-state index in [1.807, 2.05) is 0 Å². The monoisotopic (exact) mass is 466 g/mol. The molecule has 142 valence electrons. The molecular formula is C17H28FIN4O2. The molecule has 0 amide bonds. The Balaban J connectivity index is 0.00000312. The zero-order valence-electron chi connectivity index (χ0n) is 14.7. The molecular weight excluding hydrogens is 438 g/mol. The third kappa shape index (κ3) is 8.30. The van der Waals surface area contributed by atoms with E-state index in [4.69, 9.17) is 15.2 Å². The van der Waals surface area contributed by atoms with Crippen LogP contribution in [0.2, 0.25) is 0 Å². The van der Waals surface area contributed by atoms with Gasteiger partial charge >= 0.3 is 0 Å². The van der Waals surface area contributed by atoms with Crippen LogP contribution in [0.5, 0.6) is 0 Å². The summed E-state index contributed by atoms with van der Waals surface area (Å²) in [4.78, 5) is 6.68. The minimum absolute atomic E-state index is 0. The van der Waals surface area contributed by atoms with E-state index < -0.39 is 0 Å². The second-order valence-corrected chi connectivity index (χ2v) is 5.79. The van der Waals surface area contributed by atoms with Crippen molar-refractivity contribution in [1.29, 1.82) is 0 Å². The molecule has 0 saturated carbocycles. The van der Waals surface area contributed by atoms with Crippen molar-refractivity contribution in [2.45, 2.75) is 19.6 Å². The maximum atomic E-state index is 13.5. The van der Waals surface area contributed by atoms with E-state index in [2.05, 4.69) is 15.2 Å². The fourth-order valence-corrected chi connectivity index (χ4v) is 2.57. The molecule has 25 heavy (non-hydrogen) atoms. The summed E-state index contributed by atoms with van der Waals surface area (Å²) in [6, 6.07) is 4.91. The van der Waals surface area contributed by atoms with Crippen molar-refractivity contribution in [1.82, 2.24) is 10.2 Å². The highest BCUT2D eigenvalue weighted by Crippen LogP contribution is 2.12. The molecule has 1 aromatic rings. The molecule has 0 atom stereocenters. The number of benzene rings is 1. The number of rotatable bonds is 8. The molecule has 1 heterocycles. The smallest absolute Gasteiger partial charge is 0.188 e. The SMILES string of the molecule is COCc1cc(CN=C(N)NCCCN2CCOCC2)ccc1F.I. The van der Waals surface area contributed by atoms with Crippen molar-refractivity contribution in [2.24, 2.45) is 10.7 Å². The summed E-state index contributed by atoms with van der Waals surface area (Å²) in [5.74, 6) is 0.147. The third-order valence-corrected chi connectivity index (χ3v) is 3.90. The van der Waals surface area contributed by atoms with Gasteiger partial charge in [-0.25, -0.2) is 9.38 Å². The molecule has 8 heteroatoms. The topological polar surface area (TPSA) is 72.1 Å². The van der Waals surface area contributed by atoms with E-state index in [1.165, 1.54) is 6.07 Å². The molecule has 1 fully saturated rings. The molecule has 0 bridgehead atoms. The Bertz CT molecular complexity index is 539. The fourth-order valence-electron chi connectivity index (χ4n) is 2.57. The van der Waals surface area contributed by atoms with Crippen LogP contribution in [0, 0.1) is 5.82 Å². The highest BCUT2D eigenvalue weighted by Gasteiger charge is 2.09. The van der Waals surface area contributed by atoms with Crippen LogP contribution < -0.4 is 11.1 Å². The van der Waals surface area contributed by atoms with Crippen molar-refractivity contribution < 1.29 is 13.9 Å². The second-order valence-electron chi connectivity index (χ2n) is 5.79. The number of aliphatic imine (C=N–C) groups is 1. The Kier molecular flexibility index (Phi) is 10.9. The largest absolute Gasteiger partial charge is 0.380 e. The molecule has 0 aliphatic carbocycles. The van der Waals surface area contributed by atoms with Gasteiger partial charge in [-0.05, 0) is 30.7 Å². The van der Waals surface area contributed by atoms with Crippen molar-refractivity contribution in [3.05, 3.63) is 35.1 Å². The van der Waals surface area contributed by atoms with Crippen LogP contribution in [0.25, 0.3) is 0 Å². The third-order valence-electron chi connectivity index (χ3n) is 3.90. The van der Waals surface area contributed by atoms with Gasteiger partial charge in [0, 0.05) is 32.3 Å². The van der Waals surface area contributed by atoms with Crippen molar-refractivity contribution in [3.8, 4) is 0 Å². The van der Waals surface area contributed by atoms with Gasteiger partial charge in [0.05, 0.1) is 26.4 Å². The summed E-state index contributed by atoms with van der Waals surface area (Å²) < 4.78 is 23.9. The summed E-state index contributed by atoms with van der Waals surface area (Å²) >= 11 is 0. The first-order valence-electron chi connectivity index (χ1n) is 8.29. The summed E-state index contributed by atoms with van der Waals surface area (Å²) in [7, 11) is 1.54. The second kappa shape index (κ2) is 12.4. The van der Waals surface area contributed by atoms with E-state index in [9.17, 15) is 4.39 Å². The van der Waals surface area contributed by atoms with Gasteiger partial charge in [-0.15, -0.1) is 24.0 Å². The van der Waals surface area contributed by atoms with Crippen molar-refractivity contribution in [2.75, 3.05) is 46.5 Å². The average molecular weight is 466 g/mol.